The Labute approximate surface area is 216 Å². The zero-order chi connectivity index (χ0) is 25.7. The van der Waals surface area contributed by atoms with E-state index in [0.717, 1.165) is 50.7 Å². The third-order valence-electron chi connectivity index (χ3n) is 5.77. The van der Waals surface area contributed by atoms with E-state index >= 15 is 0 Å². The van der Waals surface area contributed by atoms with Crippen molar-refractivity contribution in [2.75, 3.05) is 23.9 Å². The van der Waals surface area contributed by atoms with Crippen molar-refractivity contribution in [3.63, 3.8) is 0 Å². The quantitative estimate of drug-likeness (QED) is 0.216. The molecule has 0 radical (unpaired) electrons. The molecular formula is C29H27N3O4S. The van der Waals surface area contributed by atoms with Gasteiger partial charge >= 0.3 is 0 Å². The summed E-state index contributed by atoms with van der Waals surface area (Å²) >= 11 is 0. The van der Waals surface area contributed by atoms with Crippen molar-refractivity contribution < 1.29 is 17.6 Å². The highest BCUT2D eigenvalue weighted by atomic mass is 32.2. The lowest BCUT2D eigenvalue weighted by Gasteiger charge is -2.11. The number of hydrogen-bond donors (Lipinski definition) is 2. The van der Waals surface area contributed by atoms with Gasteiger partial charge in [0.05, 0.1) is 17.5 Å². The van der Waals surface area contributed by atoms with Gasteiger partial charge in [-0.3, -0.25) is 4.98 Å². The van der Waals surface area contributed by atoms with Crippen LogP contribution in [0.1, 0.15) is 5.56 Å². The summed E-state index contributed by atoms with van der Waals surface area (Å²) in [6.07, 6.45) is 4.70. The predicted molar refractivity (Wildman–Crippen MR) is 147 cm³/mol. The molecule has 7 nitrogen and oxygen atoms in total. The van der Waals surface area contributed by atoms with Crippen LogP contribution in [0.4, 0.5) is 11.4 Å². The Balaban J connectivity index is 1.26. The van der Waals surface area contributed by atoms with Gasteiger partial charge in [-0.1, -0.05) is 24.3 Å². The molecule has 0 aliphatic carbocycles. The molecule has 0 saturated carbocycles. The molecule has 0 spiro atoms. The standard InChI is InChI=1S/C29H27N3O4S/c1-37(33,34)16-15-30-19-21-17-29(35-20-21)22-7-12-26-27(13-14-31-28(26)18-22)32-23-8-10-25(11-9-23)36-24-5-3-2-4-6-24/h2-14,17-18,20,30H,15-16,19H2,1H3,(H,31,32). The number of nitrogens with one attached hydrogen (secondary N) is 2. The van der Waals surface area contributed by atoms with Crippen LogP contribution in [0.2, 0.25) is 0 Å². The molecule has 2 N–H and O–H groups in total. The molecule has 37 heavy (non-hydrogen) atoms. The number of hydrogen-bond acceptors (Lipinski definition) is 7. The lowest BCUT2D eigenvalue weighted by molar-refractivity contribution is 0.483. The Morgan fingerprint density at radius 3 is 2.49 bits per heavy atom. The van der Waals surface area contributed by atoms with Gasteiger partial charge in [0.15, 0.2) is 0 Å². The smallest absolute Gasteiger partial charge is 0.148 e. The summed E-state index contributed by atoms with van der Waals surface area (Å²) in [6, 6.07) is 27.4. The van der Waals surface area contributed by atoms with E-state index in [1.165, 1.54) is 6.26 Å². The van der Waals surface area contributed by atoms with Crippen LogP contribution in [0.15, 0.2) is 102 Å². The van der Waals surface area contributed by atoms with E-state index in [4.69, 9.17) is 9.15 Å². The minimum Gasteiger partial charge on any atom is -0.464 e. The van der Waals surface area contributed by atoms with Gasteiger partial charge < -0.3 is 19.8 Å². The summed E-state index contributed by atoms with van der Waals surface area (Å²) in [5.41, 5.74) is 4.60. The first-order valence-corrected chi connectivity index (χ1v) is 13.9. The molecule has 0 saturated heterocycles. The maximum atomic E-state index is 11.3. The second-order valence-electron chi connectivity index (χ2n) is 8.78. The largest absolute Gasteiger partial charge is 0.464 e. The summed E-state index contributed by atoms with van der Waals surface area (Å²) < 4.78 is 34.2. The SMILES string of the molecule is CS(=O)(=O)CCNCc1coc(-c2ccc3c(Nc4ccc(Oc5ccccc5)cc4)ccnc3c2)c1. The third kappa shape index (κ3) is 6.55. The van der Waals surface area contributed by atoms with Crippen molar-refractivity contribution in [1.82, 2.24) is 10.3 Å². The number of aromatic nitrogens is 1. The molecule has 5 rings (SSSR count). The van der Waals surface area contributed by atoms with Crippen LogP contribution in [0.3, 0.4) is 0 Å². The molecule has 3 aromatic carbocycles. The van der Waals surface area contributed by atoms with E-state index in [1.807, 2.05) is 84.9 Å². The Morgan fingerprint density at radius 2 is 1.70 bits per heavy atom. The first-order valence-electron chi connectivity index (χ1n) is 11.9. The Morgan fingerprint density at radius 1 is 0.919 bits per heavy atom. The van der Waals surface area contributed by atoms with Gasteiger partial charge in [-0.2, -0.15) is 0 Å². The normalized spacial score (nSPS) is 11.5. The number of para-hydroxylation sites is 1. The van der Waals surface area contributed by atoms with Crippen molar-refractivity contribution in [2.24, 2.45) is 0 Å². The van der Waals surface area contributed by atoms with E-state index in [2.05, 4.69) is 15.6 Å². The summed E-state index contributed by atoms with van der Waals surface area (Å²) in [7, 11) is -2.98. The molecule has 8 heteroatoms. The first-order chi connectivity index (χ1) is 17.9. The van der Waals surface area contributed by atoms with Gasteiger partial charge in [-0.25, -0.2) is 8.42 Å². The summed E-state index contributed by atoms with van der Waals surface area (Å²) in [6.45, 7) is 0.936. The fourth-order valence-electron chi connectivity index (χ4n) is 3.91. The molecular weight excluding hydrogens is 486 g/mol. The van der Waals surface area contributed by atoms with Crippen LogP contribution < -0.4 is 15.4 Å². The summed E-state index contributed by atoms with van der Waals surface area (Å²) in [4.78, 5) is 4.55. The molecule has 2 aromatic heterocycles. The number of ether oxygens (including phenoxy) is 1. The molecule has 0 aliphatic heterocycles. The zero-order valence-electron chi connectivity index (χ0n) is 20.3. The maximum absolute atomic E-state index is 11.3. The van der Waals surface area contributed by atoms with Crippen molar-refractivity contribution in [1.29, 1.82) is 0 Å². The zero-order valence-corrected chi connectivity index (χ0v) is 21.2. The number of fused-ring (bicyclic) bond motifs is 1. The Bertz CT molecular complexity index is 1600. The lowest BCUT2D eigenvalue weighted by Crippen LogP contribution is -2.21. The first kappa shape index (κ1) is 24.5. The van der Waals surface area contributed by atoms with Crippen LogP contribution in [-0.4, -0.2) is 32.0 Å². The van der Waals surface area contributed by atoms with E-state index < -0.39 is 9.84 Å². The molecule has 0 bridgehead atoms. The average Bonchev–Trinajstić information content (AvgIpc) is 3.37. The van der Waals surface area contributed by atoms with Gasteiger partial charge in [0.1, 0.15) is 27.1 Å². The highest BCUT2D eigenvalue weighted by Gasteiger charge is 2.09. The number of furan rings is 1. The van der Waals surface area contributed by atoms with Crippen LogP contribution >= 0.6 is 0 Å². The fourth-order valence-corrected chi connectivity index (χ4v) is 4.42. The molecule has 5 aromatic rings. The number of anilines is 2. The van der Waals surface area contributed by atoms with Crippen LogP contribution in [-0.2, 0) is 16.4 Å². The molecule has 0 unspecified atom stereocenters. The van der Waals surface area contributed by atoms with Crippen LogP contribution in [0.5, 0.6) is 11.5 Å². The van der Waals surface area contributed by atoms with Crippen molar-refractivity contribution in [3.8, 4) is 22.8 Å². The number of benzene rings is 3. The van der Waals surface area contributed by atoms with E-state index in [-0.39, 0.29) is 5.75 Å². The monoisotopic (exact) mass is 513 g/mol. The van der Waals surface area contributed by atoms with E-state index in [9.17, 15) is 8.42 Å². The van der Waals surface area contributed by atoms with Gasteiger partial charge in [-0.05, 0) is 60.7 Å². The summed E-state index contributed by atoms with van der Waals surface area (Å²) in [5.74, 6) is 2.40. The Hall–Kier alpha value is -4.14. The molecule has 0 atom stereocenters. The van der Waals surface area contributed by atoms with Gasteiger partial charge in [-0.15, -0.1) is 0 Å². The molecule has 0 amide bonds. The fraction of sp³-hybridized carbons (Fsp3) is 0.138. The summed E-state index contributed by atoms with van der Waals surface area (Å²) in [5, 5.41) is 7.59. The van der Waals surface area contributed by atoms with E-state index in [1.54, 1.807) is 12.5 Å². The Kier molecular flexibility index (Phi) is 7.20. The van der Waals surface area contributed by atoms with Gasteiger partial charge in [0.2, 0.25) is 0 Å². The van der Waals surface area contributed by atoms with E-state index in [0.29, 0.717) is 13.1 Å². The number of sulfone groups is 1. The van der Waals surface area contributed by atoms with Crippen molar-refractivity contribution in [3.05, 3.63) is 103 Å². The van der Waals surface area contributed by atoms with Crippen LogP contribution in [0.25, 0.3) is 22.2 Å². The minimum absolute atomic E-state index is 0.107. The highest BCUT2D eigenvalue weighted by molar-refractivity contribution is 7.90. The number of pyridine rings is 1. The lowest BCUT2D eigenvalue weighted by atomic mass is 10.1. The highest BCUT2D eigenvalue weighted by Crippen LogP contribution is 2.31. The molecule has 2 heterocycles. The average molecular weight is 514 g/mol. The third-order valence-corrected chi connectivity index (χ3v) is 6.72. The molecule has 188 valence electrons. The number of nitrogens with zero attached hydrogens (tertiary/aromatic N) is 1. The maximum Gasteiger partial charge on any atom is 0.148 e. The van der Waals surface area contributed by atoms with Crippen molar-refractivity contribution >= 4 is 32.1 Å². The second kappa shape index (κ2) is 10.9. The van der Waals surface area contributed by atoms with Crippen LogP contribution in [0, 0.1) is 0 Å². The van der Waals surface area contributed by atoms with Gasteiger partial charge in [0, 0.05) is 53.4 Å². The van der Waals surface area contributed by atoms with Gasteiger partial charge in [0.25, 0.3) is 0 Å². The van der Waals surface area contributed by atoms with Crippen molar-refractivity contribution in [2.45, 2.75) is 6.54 Å². The number of rotatable bonds is 10. The molecule has 0 fully saturated rings. The predicted octanol–water partition coefficient (Wildman–Crippen LogP) is 6.16. The molecule has 0 aliphatic rings. The minimum atomic E-state index is -2.98. The second-order valence-corrected chi connectivity index (χ2v) is 11.0. The topological polar surface area (TPSA) is 93.5 Å².